The zero-order valence-corrected chi connectivity index (χ0v) is 12.6. The van der Waals surface area contributed by atoms with E-state index in [2.05, 4.69) is 5.92 Å². The molecule has 1 rings (SSSR count). The van der Waals surface area contributed by atoms with Gasteiger partial charge >= 0.3 is 11.9 Å². The molecule has 0 fully saturated rings. The summed E-state index contributed by atoms with van der Waals surface area (Å²) in [6, 6.07) is 5.57. The molecule has 0 saturated carbocycles. The normalized spacial score (nSPS) is 10.0. The summed E-state index contributed by atoms with van der Waals surface area (Å²) in [5, 5.41) is 0. The fourth-order valence-electron chi connectivity index (χ4n) is 2.00. The van der Waals surface area contributed by atoms with Gasteiger partial charge in [0.05, 0.1) is 13.2 Å². The lowest BCUT2D eigenvalue weighted by atomic mass is 9.94. The number of benzene rings is 1. The molecule has 0 amide bonds. The Kier molecular flexibility index (Phi) is 6.48. The Labute approximate surface area is 125 Å². The Hall–Kier alpha value is -2.28. The van der Waals surface area contributed by atoms with Crippen LogP contribution in [0.1, 0.15) is 30.5 Å². The van der Waals surface area contributed by atoms with E-state index in [-0.39, 0.29) is 19.6 Å². The fourth-order valence-corrected chi connectivity index (χ4v) is 2.00. The van der Waals surface area contributed by atoms with Crippen LogP contribution in [0.3, 0.4) is 0 Å². The molecule has 0 aliphatic rings. The average molecular weight is 288 g/mol. The number of carbonyl (C=O) groups excluding carboxylic acids is 2. The van der Waals surface area contributed by atoms with Crippen LogP contribution in [0.4, 0.5) is 0 Å². The second-order valence-corrected chi connectivity index (χ2v) is 4.57. The highest BCUT2D eigenvalue weighted by Crippen LogP contribution is 2.18. The molecule has 0 atom stereocenters. The number of hydrogen-bond donors (Lipinski definition) is 0. The quantitative estimate of drug-likeness (QED) is 0.458. The van der Waals surface area contributed by atoms with Crippen molar-refractivity contribution >= 4 is 11.9 Å². The molecule has 0 spiro atoms. The average Bonchev–Trinajstić information content (AvgIpc) is 2.45. The van der Waals surface area contributed by atoms with Crippen LogP contribution >= 0.6 is 0 Å². The van der Waals surface area contributed by atoms with Gasteiger partial charge in [-0.3, -0.25) is 9.59 Å². The maximum absolute atomic E-state index is 12.0. The summed E-state index contributed by atoms with van der Waals surface area (Å²) in [5.41, 5.74) is 2.44. The van der Waals surface area contributed by atoms with Crippen LogP contribution in [0.25, 0.3) is 0 Å². The van der Waals surface area contributed by atoms with Crippen molar-refractivity contribution in [3.63, 3.8) is 0 Å². The topological polar surface area (TPSA) is 52.6 Å². The van der Waals surface area contributed by atoms with Crippen LogP contribution in [0.5, 0.6) is 0 Å². The fraction of sp³-hybridized carbons (Fsp3) is 0.412. The predicted octanol–water partition coefficient (Wildman–Crippen LogP) is 2.26. The van der Waals surface area contributed by atoms with Gasteiger partial charge in [0.1, 0.15) is 0 Å². The van der Waals surface area contributed by atoms with E-state index >= 15 is 0 Å². The summed E-state index contributed by atoms with van der Waals surface area (Å²) in [4.78, 5) is 23.9. The summed E-state index contributed by atoms with van der Waals surface area (Å²) in [6.45, 7) is 5.74. The van der Waals surface area contributed by atoms with E-state index in [1.54, 1.807) is 19.9 Å². The molecule has 0 saturated heterocycles. The first-order chi connectivity index (χ1) is 10.0. The minimum Gasteiger partial charge on any atom is -0.465 e. The third-order valence-corrected chi connectivity index (χ3v) is 2.98. The van der Waals surface area contributed by atoms with Crippen LogP contribution in [0.15, 0.2) is 18.2 Å². The van der Waals surface area contributed by atoms with Crippen molar-refractivity contribution < 1.29 is 19.1 Å². The third-order valence-electron chi connectivity index (χ3n) is 2.98. The Bertz CT molecular complexity index is 536. The van der Waals surface area contributed by atoms with Gasteiger partial charge in [-0.25, -0.2) is 0 Å². The molecule has 0 heterocycles. The number of aryl methyl sites for hydroxylation is 1. The largest absolute Gasteiger partial charge is 0.465 e. The van der Waals surface area contributed by atoms with E-state index in [1.807, 2.05) is 19.1 Å². The SMILES string of the molecule is C#Cc1ccc(C)cc1CC(C(=O)OCC)C(=O)OCC. The standard InChI is InChI=1S/C17H20O4/c1-5-13-9-8-12(4)10-14(13)11-15(16(18)20-6-2)17(19)21-7-3/h1,8-10,15H,6-7,11H2,2-4H3. The Morgan fingerprint density at radius 2 is 1.76 bits per heavy atom. The van der Waals surface area contributed by atoms with E-state index in [0.717, 1.165) is 11.1 Å². The molecular formula is C17H20O4. The van der Waals surface area contributed by atoms with Gasteiger partial charge in [0.2, 0.25) is 0 Å². The van der Waals surface area contributed by atoms with E-state index in [9.17, 15) is 9.59 Å². The van der Waals surface area contributed by atoms with Crippen molar-refractivity contribution in [2.24, 2.45) is 5.92 Å². The highest BCUT2D eigenvalue weighted by Gasteiger charge is 2.30. The molecule has 0 unspecified atom stereocenters. The second-order valence-electron chi connectivity index (χ2n) is 4.57. The van der Waals surface area contributed by atoms with Gasteiger partial charge in [-0.15, -0.1) is 6.42 Å². The second kappa shape index (κ2) is 8.11. The number of esters is 2. The molecule has 4 nitrogen and oxygen atoms in total. The van der Waals surface area contributed by atoms with Gasteiger partial charge in [0, 0.05) is 5.56 Å². The van der Waals surface area contributed by atoms with Crippen LogP contribution in [-0.4, -0.2) is 25.2 Å². The van der Waals surface area contributed by atoms with Gasteiger partial charge in [-0.05, 0) is 38.8 Å². The Morgan fingerprint density at radius 1 is 1.19 bits per heavy atom. The molecule has 0 aromatic heterocycles. The molecule has 0 N–H and O–H groups in total. The van der Waals surface area contributed by atoms with E-state index in [1.165, 1.54) is 0 Å². The molecule has 112 valence electrons. The lowest BCUT2D eigenvalue weighted by Gasteiger charge is -2.15. The van der Waals surface area contributed by atoms with Gasteiger partial charge in [-0.2, -0.15) is 0 Å². The monoisotopic (exact) mass is 288 g/mol. The number of hydrogen-bond acceptors (Lipinski definition) is 4. The first-order valence-corrected chi connectivity index (χ1v) is 6.92. The van der Waals surface area contributed by atoms with Crippen molar-refractivity contribution in [2.45, 2.75) is 27.2 Å². The minimum atomic E-state index is -0.987. The molecule has 0 aliphatic heterocycles. The number of ether oxygens (including phenoxy) is 2. The lowest BCUT2D eigenvalue weighted by Crippen LogP contribution is -2.30. The smallest absolute Gasteiger partial charge is 0.320 e. The zero-order valence-electron chi connectivity index (χ0n) is 12.6. The van der Waals surface area contributed by atoms with Crippen molar-refractivity contribution in [3.8, 4) is 12.3 Å². The highest BCUT2D eigenvalue weighted by atomic mass is 16.6. The first kappa shape index (κ1) is 16.8. The third kappa shape index (κ3) is 4.64. The molecule has 21 heavy (non-hydrogen) atoms. The van der Waals surface area contributed by atoms with Gasteiger partial charge in [-0.1, -0.05) is 23.6 Å². The number of terminal acetylenes is 1. The van der Waals surface area contributed by atoms with Crippen molar-refractivity contribution in [3.05, 3.63) is 34.9 Å². The van der Waals surface area contributed by atoms with E-state index in [4.69, 9.17) is 15.9 Å². The minimum absolute atomic E-state index is 0.179. The van der Waals surface area contributed by atoms with Crippen molar-refractivity contribution in [2.75, 3.05) is 13.2 Å². The summed E-state index contributed by atoms with van der Waals surface area (Å²) in [5.74, 6) is 0.413. The van der Waals surface area contributed by atoms with Crippen molar-refractivity contribution in [1.82, 2.24) is 0 Å². The molecule has 1 aromatic carbocycles. The summed E-state index contributed by atoms with van der Waals surface area (Å²) in [7, 11) is 0. The zero-order chi connectivity index (χ0) is 15.8. The molecule has 0 aliphatic carbocycles. The lowest BCUT2D eigenvalue weighted by molar-refractivity contribution is -0.161. The van der Waals surface area contributed by atoms with Gasteiger partial charge < -0.3 is 9.47 Å². The Morgan fingerprint density at radius 3 is 2.24 bits per heavy atom. The van der Waals surface area contributed by atoms with Crippen LogP contribution < -0.4 is 0 Å². The molecule has 0 bridgehead atoms. The van der Waals surface area contributed by atoms with E-state index in [0.29, 0.717) is 5.56 Å². The maximum Gasteiger partial charge on any atom is 0.320 e. The van der Waals surface area contributed by atoms with Crippen LogP contribution in [-0.2, 0) is 25.5 Å². The molecule has 0 radical (unpaired) electrons. The van der Waals surface area contributed by atoms with Crippen LogP contribution in [0.2, 0.25) is 0 Å². The van der Waals surface area contributed by atoms with Crippen LogP contribution in [0, 0.1) is 25.2 Å². The van der Waals surface area contributed by atoms with Gasteiger partial charge in [0.15, 0.2) is 5.92 Å². The Balaban J connectivity index is 3.06. The summed E-state index contributed by atoms with van der Waals surface area (Å²) < 4.78 is 9.91. The highest BCUT2D eigenvalue weighted by molar-refractivity contribution is 5.95. The van der Waals surface area contributed by atoms with E-state index < -0.39 is 17.9 Å². The van der Waals surface area contributed by atoms with Gasteiger partial charge in [0.25, 0.3) is 0 Å². The summed E-state index contributed by atoms with van der Waals surface area (Å²) >= 11 is 0. The number of rotatable bonds is 6. The molecule has 4 heteroatoms. The summed E-state index contributed by atoms with van der Waals surface area (Å²) in [6.07, 6.45) is 5.64. The predicted molar refractivity (Wildman–Crippen MR) is 79.6 cm³/mol. The number of carbonyl (C=O) groups is 2. The first-order valence-electron chi connectivity index (χ1n) is 6.92. The molecule has 1 aromatic rings. The maximum atomic E-state index is 12.0. The van der Waals surface area contributed by atoms with Crippen molar-refractivity contribution in [1.29, 1.82) is 0 Å². The molecular weight excluding hydrogens is 268 g/mol.